The van der Waals surface area contributed by atoms with Crippen molar-refractivity contribution in [2.45, 2.75) is 0 Å². The SMILES string of the molecule is COS(=O)(=O)[O-].c1ccc2c(c1)[NH2+]c1cccc3c1c-2nc1ccccc13. The molecule has 0 unspecified atom stereocenters. The Morgan fingerprint density at radius 1 is 0.889 bits per heavy atom. The summed E-state index contributed by atoms with van der Waals surface area (Å²) >= 11 is 0. The summed E-state index contributed by atoms with van der Waals surface area (Å²) in [5, 5.41) is 6.06. The molecule has 2 N–H and O–H groups in total. The molecule has 136 valence electrons. The highest BCUT2D eigenvalue weighted by Crippen LogP contribution is 2.39. The van der Waals surface area contributed by atoms with E-state index in [1.54, 1.807) is 0 Å². The molecule has 4 aromatic rings. The molecule has 2 heterocycles. The Hall–Kier alpha value is -2.84. The summed E-state index contributed by atoms with van der Waals surface area (Å²) in [6.45, 7) is 0. The van der Waals surface area contributed by atoms with E-state index in [1.807, 2.05) is 0 Å². The van der Waals surface area contributed by atoms with Gasteiger partial charge in [0.25, 0.3) is 0 Å². The van der Waals surface area contributed by atoms with Crippen LogP contribution in [0.15, 0.2) is 66.7 Å². The highest BCUT2D eigenvalue weighted by Gasteiger charge is 2.23. The number of para-hydroxylation sites is 2. The van der Waals surface area contributed by atoms with Gasteiger partial charge < -0.3 is 4.55 Å². The van der Waals surface area contributed by atoms with Crippen molar-refractivity contribution in [3.05, 3.63) is 66.7 Å². The minimum Gasteiger partial charge on any atom is -0.726 e. The summed E-state index contributed by atoms with van der Waals surface area (Å²) in [5.41, 5.74) is 5.91. The Morgan fingerprint density at radius 3 is 2.30 bits per heavy atom. The zero-order valence-corrected chi connectivity index (χ0v) is 15.2. The third-order valence-corrected chi connectivity index (χ3v) is 4.90. The maximum atomic E-state index is 9.22. The van der Waals surface area contributed by atoms with E-state index in [2.05, 4.69) is 76.2 Å². The fraction of sp³-hybridized carbons (Fsp3) is 0.0500. The molecule has 1 aliphatic heterocycles. The van der Waals surface area contributed by atoms with E-state index in [4.69, 9.17) is 4.98 Å². The summed E-state index contributed by atoms with van der Waals surface area (Å²) in [5.74, 6) is 0. The van der Waals surface area contributed by atoms with Gasteiger partial charge in [-0.25, -0.2) is 13.4 Å². The average molecular weight is 380 g/mol. The van der Waals surface area contributed by atoms with Crippen LogP contribution >= 0.6 is 0 Å². The number of hydrogen-bond acceptors (Lipinski definition) is 5. The first-order valence-corrected chi connectivity index (χ1v) is 9.58. The van der Waals surface area contributed by atoms with Gasteiger partial charge in [0.1, 0.15) is 11.4 Å². The largest absolute Gasteiger partial charge is 0.726 e. The van der Waals surface area contributed by atoms with Crippen molar-refractivity contribution in [1.29, 1.82) is 0 Å². The number of benzene rings is 3. The maximum Gasteiger partial charge on any atom is 0.217 e. The van der Waals surface area contributed by atoms with Crippen LogP contribution in [0.3, 0.4) is 0 Å². The number of rotatable bonds is 1. The quantitative estimate of drug-likeness (QED) is 0.209. The second kappa shape index (κ2) is 6.71. The molecule has 0 bridgehead atoms. The lowest BCUT2D eigenvalue weighted by molar-refractivity contribution is -0.477. The molecule has 0 saturated carbocycles. The zero-order chi connectivity index (χ0) is 19.0. The van der Waals surface area contributed by atoms with Crippen molar-refractivity contribution in [2.75, 3.05) is 7.11 Å². The van der Waals surface area contributed by atoms with Crippen LogP contribution in [-0.2, 0) is 14.6 Å². The summed E-state index contributed by atoms with van der Waals surface area (Å²) < 4.78 is 31.0. The Balaban J connectivity index is 0.000000264. The van der Waals surface area contributed by atoms with Crippen molar-refractivity contribution in [1.82, 2.24) is 4.98 Å². The summed E-state index contributed by atoms with van der Waals surface area (Å²) in [4.78, 5) is 4.96. The smallest absolute Gasteiger partial charge is 0.217 e. The van der Waals surface area contributed by atoms with Crippen LogP contribution in [0.4, 0.5) is 11.4 Å². The number of hydrogen-bond donors (Lipinski definition) is 1. The van der Waals surface area contributed by atoms with E-state index < -0.39 is 10.4 Å². The van der Waals surface area contributed by atoms with Crippen molar-refractivity contribution in [3.63, 3.8) is 0 Å². The van der Waals surface area contributed by atoms with Crippen LogP contribution in [0.2, 0.25) is 0 Å². The fourth-order valence-corrected chi connectivity index (χ4v) is 3.36. The van der Waals surface area contributed by atoms with Crippen LogP contribution < -0.4 is 5.32 Å². The van der Waals surface area contributed by atoms with Gasteiger partial charge in [0.05, 0.1) is 29.3 Å². The molecule has 0 amide bonds. The fourth-order valence-electron chi connectivity index (χ4n) is 3.36. The molecular formula is C20H16N2O4S. The van der Waals surface area contributed by atoms with Gasteiger partial charge in [-0.1, -0.05) is 42.5 Å². The van der Waals surface area contributed by atoms with Gasteiger partial charge in [0, 0.05) is 17.5 Å². The van der Waals surface area contributed by atoms with Crippen LogP contribution in [0, 0.1) is 0 Å². The molecule has 27 heavy (non-hydrogen) atoms. The third kappa shape index (κ3) is 3.29. The lowest BCUT2D eigenvalue weighted by atomic mass is 9.95. The third-order valence-electron chi connectivity index (χ3n) is 4.49. The predicted octanol–water partition coefficient (Wildman–Crippen LogP) is 2.99. The predicted molar refractivity (Wildman–Crippen MR) is 103 cm³/mol. The number of quaternary nitrogens is 1. The first kappa shape index (κ1) is 17.6. The van der Waals surface area contributed by atoms with Gasteiger partial charge >= 0.3 is 0 Å². The van der Waals surface area contributed by atoms with Gasteiger partial charge in [0.2, 0.25) is 10.4 Å². The average Bonchev–Trinajstić information content (AvgIpc) is 2.68. The van der Waals surface area contributed by atoms with Gasteiger partial charge in [-0.05, 0) is 17.5 Å². The Labute approximate surface area is 156 Å². The van der Waals surface area contributed by atoms with Crippen LogP contribution in [-0.4, -0.2) is 25.1 Å². The van der Waals surface area contributed by atoms with Crippen LogP contribution in [0.1, 0.15) is 0 Å². The topological polar surface area (TPSA) is 95.9 Å². The zero-order valence-electron chi connectivity index (χ0n) is 14.4. The van der Waals surface area contributed by atoms with Crippen molar-refractivity contribution in [2.24, 2.45) is 0 Å². The minimum absolute atomic E-state index is 0.808. The van der Waals surface area contributed by atoms with E-state index in [1.165, 1.54) is 33.1 Å². The van der Waals surface area contributed by atoms with Crippen molar-refractivity contribution >= 4 is 43.4 Å². The molecule has 0 saturated heterocycles. The van der Waals surface area contributed by atoms with E-state index >= 15 is 0 Å². The molecule has 0 fully saturated rings. The van der Waals surface area contributed by atoms with E-state index in [9.17, 15) is 13.0 Å². The summed E-state index contributed by atoms with van der Waals surface area (Å²) in [7, 11) is -3.60. The molecule has 0 spiro atoms. The number of nitrogens with zero attached hydrogens (tertiary/aromatic N) is 1. The summed E-state index contributed by atoms with van der Waals surface area (Å²) in [6.07, 6.45) is 0. The monoisotopic (exact) mass is 380 g/mol. The number of fused-ring (bicyclic) bond motifs is 4. The standard InChI is InChI=1S/C19H12N2.CH4O4S/c1-3-9-15-12(6-1)13-8-5-11-17-18(13)19(21-15)14-7-2-4-10-16(14)20-17;1-5-6(2,3)4/h1-11,20H;1H3,(H,2,3,4). The molecule has 0 atom stereocenters. The first-order chi connectivity index (χ1) is 13.0. The minimum atomic E-state index is -4.41. The molecule has 1 aromatic heterocycles. The second-order valence-electron chi connectivity index (χ2n) is 6.05. The van der Waals surface area contributed by atoms with Gasteiger partial charge in [-0.15, -0.1) is 0 Å². The number of pyridine rings is 1. The van der Waals surface area contributed by atoms with Crippen molar-refractivity contribution in [3.8, 4) is 11.3 Å². The Morgan fingerprint density at radius 2 is 1.52 bits per heavy atom. The molecule has 3 aromatic carbocycles. The Bertz CT molecular complexity index is 1270. The van der Waals surface area contributed by atoms with Crippen molar-refractivity contribution < 1.29 is 22.5 Å². The molecule has 0 aliphatic carbocycles. The molecular weight excluding hydrogens is 364 g/mol. The molecule has 6 nitrogen and oxygen atoms in total. The first-order valence-electron chi connectivity index (χ1n) is 8.25. The van der Waals surface area contributed by atoms with Crippen LogP contribution in [0.5, 0.6) is 0 Å². The molecule has 1 aliphatic rings. The molecule has 0 radical (unpaired) electrons. The second-order valence-corrected chi connectivity index (χ2v) is 7.20. The van der Waals surface area contributed by atoms with Gasteiger partial charge in [-0.3, -0.25) is 9.50 Å². The summed E-state index contributed by atoms with van der Waals surface area (Å²) in [6, 6.07) is 23.4. The van der Waals surface area contributed by atoms with E-state index in [-0.39, 0.29) is 0 Å². The normalized spacial score (nSPS) is 12.4. The van der Waals surface area contributed by atoms with Gasteiger partial charge in [-0.2, -0.15) is 0 Å². The highest BCUT2D eigenvalue weighted by molar-refractivity contribution is 7.80. The lowest BCUT2D eigenvalue weighted by Gasteiger charge is -2.18. The van der Waals surface area contributed by atoms with E-state index in [0.29, 0.717) is 0 Å². The number of nitrogens with two attached hydrogens (primary N) is 1. The maximum absolute atomic E-state index is 9.22. The van der Waals surface area contributed by atoms with E-state index in [0.717, 1.165) is 18.3 Å². The number of aromatic nitrogens is 1. The molecule has 7 heteroatoms. The van der Waals surface area contributed by atoms with Crippen LogP contribution in [0.25, 0.3) is 32.9 Å². The lowest BCUT2D eigenvalue weighted by Crippen LogP contribution is -2.72. The van der Waals surface area contributed by atoms with Gasteiger partial charge in [0.15, 0.2) is 0 Å². The molecule has 5 rings (SSSR count). The highest BCUT2D eigenvalue weighted by atomic mass is 32.3. The Kier molecular flexibility index (Phi) is 4.37.